The van der Waals surface area contributed by atoms with Crippen molar-refractivity contribution in [2.24, 2.45) is 0 Å². The van der Waals surface area contributed by atoms with Crippen molar-refractivity contribution in [1.29, 1.82) is 0 Å². The number of hydrogen-bond acceptors (Lipinski definition) is 7. The third-order valence-electron chi connectivity index (χ3n) is 7.09. The number of ether oxygens (including phenoxy) is 1. The molecule has 6 rings (SSSR count). The van der Waals surface area contributed by atoms with Crippen molar-refractivity contribution in [3.63, 3.8) is 0 Å². The van der Waals surface area contributed by atoms with E-state index in [0.29, 0.717) is 33.7 Å². The number of benzene rings is 3. The fourth-order valence-corrected chi connectivity index (χ4v) is 6.20. The first kappa shape index (κ1) is 25.6. The van der Waals surface area contributed by atoms with E-state index in [2.05, 4.69) is 14.7 Å². The summed E-state index contributed by atoms with van der Waals surface area (Å²) in [5.74, 6) is 1.11. The number of nitrogen functional groups attached to an aromatic ring is 1. The Labute approximate surface area is 231 Å². The maximum Gasteiger partial charge on any atom is 0.261 e. The molecule has 40 heavy (non-hydrogen) atoms. The summed E-state index contributed by atoms with van der Waals surface area (Å²) < 4.78 is 36.6. The van der Waals surface area contributed by atoms with Crippen molar-refractivity contribution in [1.82, 2.24) is 14.5 Å². The standard InChI is InChI=1S/C30H27N5O4S/c31-29-27-26(18-35(22-9-4-5-10-22)30(27)33-19-32-29)28(36)20-7-6-8-21(17-20)34-40(37,38)25-15-13-24(14-16-25)39-23-11-2-1-3-12-23/h1-3,6-8,11-19,22,34H,4-5,9-10H2,(H2,31,32,33). The summed E-state index contributed by atoms with van der Waals surface area (Å²) in [5, 5.41) is 0.517. The van der Waals surface area contributed by atoms with Crippen LogP contribution in [0.15, 0.2) is 96.3 Å². The molecule has 3 N–H and O–H groups in total. The minimum absolute atomic E-state index is 0.0641. The highest BCUT2D eigenvalue weighted by Gasteiger charge is 2.26. The van der Waals surface area contributed by atoms with Crippen LogP contribution in [0.4, 0.5) is 11.5 Å². The van der Waals surface area contributed by atoms with Gasteiger partial charge in [-0.25, -0.2) is 18.4 Å². The number of ketones is 1. The average molecular weight is 554 g/mol. The second-order valence-corrected chi connectivity index (χ2v) is 11.4. The van der Waals surface area contributed by atoms with Crippen LogP contribution in [0.2, 0.25) is 0 Å². The molecule has 1 saturated carbocycles. The highest BCUT2D eigenvalue weighted by molar-refractivity contribution is 7.92. The predicted octanol–water partition coefficient (Wildman–Crippen LogP) is 5.95. The third kappa shape index (κ3) is 5.01. The number of anilines is 2. The van der Waals surface area contributed by atoms with Gasteiger partial charge in [0.1, 0.15) is 29.3 Å². The van der Waals surface area contributed by atoms with Gasteiger partial charge >= 0.3 is 0 Å². The first-order chi connectivity index (χ1) is 19.4. The van der Waals surface area contributed by atoms with E-state index in [4.69, 9.17) is 10.5 Å². The lowest BCUT2D eigenvalue weighted by molar-refractivity contribution is 0.104. The number of nitrogens with one attached hydrogen (secondary N) is 1. The van der Waals surface area contributed by atoms with E-state index in [1.807, 2.05) is 41.1 Å². The van der Waals surface area contributed by atoms with E-state index in [0.717, 1.165) is 25.7 Å². The molecule has 1 fully saturated rings. The summed E-state index contributed by atoms with van der Waals surface area (Å²) >= 11 is 0. The Morgan fingerprint density at radius 2 is 1.65 bits per heavy atom. The number of para-hydroxylation sites is 1. The van der Waals surface area contributed by atoms with Gasteiger partial charge in [-0.3, -0.25) is 9.52 Å². The van der Waals surface area contributed by atoms with E-state index < -0.39 is 10.0 Å². The van der Waals surface area contributed by atoms with Crippen molar-refractivity contribution in [2.45, 2.75) is 36.6 Å². The first-order valence-electron chi connectivity index (χ1n) is 13.0. The topological polar surface area (TPSA) is 129 Å². The molecule has 0 spiro atoms. The number of rotatable bonds is 8. The Kier molecular flexibility index (Phi) is 6.69. The van der Waals surface area contributed by atoms with E-state index in [1.54, 1.807) is 30.3 Å². The molecule has 5 aromatic rings. The molecule has 0 amide bonds. The Morgan fingerprint density at radius 3 is 2.40 bits per heavy atom. The zero-order valence-corrected chi connectivity index (χ0v) is 22.3. The van der Waals surface area contributed by atoms with Gasteiger partial charge < -0.3 is 15.0 Å². The van der Waals surface area contributed by atoms with Crippen molar-refractivity contribution in [2.75, 3.05) is 10.5 Å². The number of aromatic nitrogens is 3. The summed E-state index contributed by atoms with van der Waals surface area (Å²) in [7, 11) is -3.92. The summed E-state index contributed by atoms with van der Waals surface area (Å²) in [5.41, 5.74) is 7.82. The maximum absolute atomic E-state index is 13.7. The van der Waals surface area contributed by atoms with Crippen LogP contribution in [0, 0.1) is 0 Å². The Bertz CT molecular complexity index is 1800. The van der Waals surface area contributed by atoms with Gasteiger partial charge in [0.05, 0.1) is 15.8 Å². The van der Waals surface area contributed by atoms with Crippen molar-refractivity contribution >= 4 is 38.3 Å². The molecule has 1 aliphatic carbocycles. The van der Waals surface area contributed by atoms with Crippen LogP contribution in [0.1, 0.15) is 47.6 Å². The molecule has 0 radical (unpaired) electrons. The van der Waals surface area contributed by atoms with E-state index in [-0.39, 0.29) is 28.2 Å². The van der Waals surface area contributed by atoms with Gasteiger partial charge in [-0.05, 0) is 61.4 Å². The predicted molar refractivity (Wildman–Crippen MR) is 153 cm³/mol. The fourth-order valence-electron chi connectivity index (χ4n) is 5.15. The third-order valence-corrected chi connectivity index (χ3v) is 8.49. The number of nitrogens with zero attached hydrogens (tertiary/aromatic N) is 3. The van der Waals surface area contributed by atoms with Crippen LogP contribution < -0.4 is 15.2 Å². The largest absolute Gasteiger partial charge is 0.457 e. The van der Waals surface area contributed by atoms with Gasteiger partial charge in [0.25, 0.3) is 10.0 Å². The smallest absolute Gasteiger partial charge is 0.261 e. The Hall–Kier alpha value is -4.70. The van der Waals surface area contributed by atoms with E-state index in [1.165, 1.54) is 24.5 Å². The number of nitrogens with two attached hydrogens (primary N) is 1. The summed E-state index contributed by atoms with van der Waals surface area (Å²) in [6.45, 7) is 0. The van der Waals surface area contributed by atoms with Gasteiger partial charge in [0.15, 0.2) is 5.78 Å². The van der Waals surface area contributed by atoms with Crippen LogP contribution >= 0.6 is 0 Å². The Morgan fingerprint density at radius 1 is 0.925 bits per heavy atom. The molecule has 0 bridgehead atoms. The molecule has 0 unspecified atom stereocenters. The number of hydrogen-bond donors (Lipinski definition) is 2. The van der Waals surface area contributed by atoms with Gasteiger partial charge in [0.2, 0.25) is 0 Å². The first-order valence-corrected chi connectivity index (χ1v) is 14.5. The maximum atomic E-state index is 13.7. The molecule has 0 saturated heterocycles. The molecule has 0 aliphatic heterocycles. The lowest BCUT2D eigenvalue weighted by Crippen LogP contribution is -2.13. The molecule has 2 aromatic heterocycles. The fraction of sp³-hybridized carbons (Fsp3) is 0.167. The second-order valence-electron chi connectivity index (χ2n) is 9.75. The number of fused-ring (bicyclic) bond motifs is 1. The monoisotopic (exact) mass is 553 g/mol. The quantitative estimate of drug-likeness (QED) is 0.227. The van der Waals surface area contributed by atoms with Crippen molar-refractivity contribution in [3.8, 4) is 11.5 Å². The number of carbonyl (C=O) groups is 1. The lowest BCUT2D eigenvalue weighted by Gasteiger charge is -2.12. The SMILES string of the molecule is Nc1ncnc2c1c(C(=O)c1cccc(NS(=O)(=O)c3ccc(Oc4ccccc4)cc3)c1)cn2C1CCCC1. The van der Waals surface area contributed by atoms with Gasteiger partial charge in [-0.1, -0.05) is 43.2 Å². The highest BCUT2D eigenvalue weighted by Crippen LogP contribution is 2.35. The molecule has 1 aliphatic rings. The number of sulfonamides is 1. The molecule has 0 atom stereocenters. The summed E-state index contributed by atoms with van der Waals surface area (Å²) in [6.07, 6.45) is 7.49. The van der Waals surface area contributed by atoms with Crippen LogP contribution in [0.25, 0.3) is 11.0 Å². The highest BCUT2D eigenvalue weighted by atomic mass is 32.2. The molecule has 10 heteroatoms. The van der Waals surface area contributed by atoms with Crippen LogP contribution in [-0.2, 0) is 10.0 Å². The van der Waals surface area contributed by atoms with E-state index in [9.17, 15) is 13.2 Å². The van der Waals surface area contributed by atoms with Crippen LogP contribution in [0.3, 0.4) is 0 Å². The molecular weight excluding hydrogens is 526 g/mol. The Balaban J connectivity index is 1.25. The average Bonchev–Trinajstić information content (AvgIpc) is 3.63. The molecule has 202 valence electrons. The van der Waals surface area contributed by atoms with Crippen molar-refractivity contribution < 1.29 is 17.9 Å². The minimum atomic E-state index is -3.92. The second kappa shape index (κ2) is 10.5. The molecule has 9 nitrogen and oxygen atoms in total. The summed E-state index contributed by atoms with van der Waals surface area (Å²) in [4.78, 5) is 22.3. The summed E-state index contributed by atoms with van der Waals surface area (Å²) in [6, 6.07) is 22.0. The molecular formula is C30H27N5O4S. The minimum Gasteiger partial charge on any atom is -0.457 e. The lowest BCUT2D eigenvalue weighted by atomic mass is 10.0. The van der Waals surface area contributed by atoms with Crippen molar-refractivity contribution in [3.05, 3.63) is 103 Å². The van der Waals surface area contributed by atoms with Crippen LogP contribution in [-0.4, -0.2) is 28.7 Å². The van der Waals surface area contributed by atoms with Gasteiger partial charge in [-0.2, -0.15) is 0 Å². The molecule has 3 aromatic carbocycles. The van der Waals surface area contributed by atoms with Gasteiger partial charge in [-0.15, -0.1) is 0 Å². The number of carbonyl (C=O) groups excluding carboxylic acids is 1. The molecule has 2 heterocycles. The van der Waals surface area contributed by atoms with Gasteiger partial charge in [0, 0.05) is 23.5 Å². The van der Waals surface area contributed by atoms with Crippen LogP contribution in [0.5, 0.6) is 11.5 Å². The van der Waals surface area contributed by atoms with E-state index >= 15 is 0 Å². The zero-order chi connectivity index (χ0) is 27.7. The normalized spacial score (nSPS) is 13.9. The zero-order valence-electron chi connectivity index (χ0n) is 21.5.